The highest BCUT2D eigenvalue weighted by molar-refractivity contribution is 5.98. The summed E-state index contributed by atoms with van der Waals surface area (Å²) in [7, 11) is 0. The van der Waals surface area contributed by atoms with Crippen LogP contribution in [-0.4, -0.2) is 11.3 Å². The van der Waals surface area contributed by atoms with E-state index in [-0.39, 0.29) is 22.9 Å². The Hall–Kier alpha value is -1.68. The number of carbonyl (C=O) groups excluding carboxylic acids is 1. The van der Waals surface area contributed by atoms with Gasteiger partial charge in [0.05, 0.1) is 0 Å². The lowest BCUT2D eigenvalue weighted by atomic mass is 9.74. The van der Waals surface area contributed by atoms with Crippen molar-refractivity contribution >= 4 is 16.8 Å². The van der Waals surface area contributed by atoms with Crippen LogP contribution < -0.4 is 5.73 Å². The molecule has 1 aromatic heterocycles. The molecule has 0 spiro atoms. The maximum atomic E-state index is 13.0. The van der Waals surface area contributed by atoms with Crippen molar-refractivity contribution in [3.05, 3.63) is 35.8 Å². The molecule has 0 amide bonds. The molecule has 94 valence electrons. The van der Waals surface area contributed by atoms with Crippen LogP contribution in [0.1, 0.15) is 36.2 Å². The fourth-order valence-electron chi connectivity index (χ4n) is 2.37. The van der Waals surface area contributed by atoms with Gasteiger partial charge in [0.25, 0.3) is 0 Å². The van der Waals surface area contributed by atoms with Crippen molar-refractivity contribution in [2.24, 2.45) is 5.73 Å². The van der Waals surface area contributed by atoms with E-state index in [0.717, 1.165) is 19.3 Å². The SMILES string of the molecule is NC1(CC(=O)c2cc3cc(F)ccc3o2)CCC1. The average molecular weight is 247 g/mol. The highest BCUT2D eigenvalue weighted by Gasteiger charge is 2.35. The zero-order chi connectivity index (χ0) is 12.8. The van der Waals surface area contributed by atoms with E-state index >= 15 is 0 Å². The van der Waals surface area contributed by atoms with Crippen molar-refractivity contribution in [3.63, 3.8) is 0 Å². The summed E-state index contributed by atoms with van der Waals surface area (Å²) >= 11 is 0. The molecule has 1 saturated carbocycles. The smallest absolute Gasteiger partial charge is 0.199 e. The zero-order valence-corrected chi connectivity index (χ0v) is 9.91. The molecule has 2 N–H and O–H groups in total. The Balaban J connectivity index is 1.87. The largest absolute Gasteiger partial charge is 0.453 e. The minimum atomic E-state index is -0.360. The number of nitrogens with two attached hydrogens (primary N) is 1. The molecular weight excluding hydrogens is 233 g/mol. The van der Waals surface area contributed by atoms with Crippen LogP contribution in [0.4, 0.5) is 4.39 Å². The molecule has 18 heavy (non-hydrogen) atoms. The third-order valence-corrected chi connectivity index (χ3v) is 3.62. The van der Waals surface area contributed by atoms with Gasteiger partial charge in [-0.1, -0.05) is 0 Å². The molecule has 0 radical (unpaired) electrons. The molecule has 3 rings (SSSR count). The van der Waals surface area contributed by atoms with Gasteiger partial charge in [0.2, 0.25) is 0 Å². The topological polar surface area (TPSA) is 56.2 Å². The number of ketones is 1. The number of fused-ring (bicyclic) bond motifs is 1. The van der Waals surface area contributed by atoms with E-state index in [4.69, 9.17) is 10.2 Å². The van der Waals surface area contributed by atoms with Gasteiger partial charge in [-0.3, -0.25) is 4.79 Å². The minimum Gasteiger partial charge on any atom is -0.453 e. The van der Waals surface area contributed by atoms with Crippen molar-refractivity contribution in [1.29, 1.82) is 0 Å². The second kappa shape index (κ2) is 3.92. The first-order valence-electron chi connectivity index (χ1n) is 6.07. The van der Waals surface area contributed by atoms with Crippen molar-refractivity contribution in [2.45, 2.75) is 31.2 Å². The maximum absolute atomic E-state index is 13.0. The summed E-state index contributed by atoms with van der Waals surface area (Å²) in [4.78, 5) is 12.0. The first-order valence-corrected chi connectivity index (χ1v) is 6.07. The molecule has 1 heterocycles. The van der Waals surface area contributed by atoms with Crippen molar-refractivity contribution in [3.8, 4) is 0 Å². The Morgan fingerprint density at radius 3 is 2.83 bits per heavy atom. The zero-order valence-electron chi connectivity index (χ0n) is 9.91. The highest BCUT2D eigenvalue weighted by Crippen LogP contribution is 2.33. The first kappa shape index (κ1) is 11.4. The van der Waals surface area contributed by atoms with Crippen LogP contribution in [0.25, 0.3) is 11.0 Å². The van der Waals surface area contributed by atoms with Crippen LogP contribution >= 0.6 is 0 Å². The summed E-state index contributed by atoms with van der Waals surface area (Å²) in [6, 6.07) is 5.79. The lowest BCUT2D eigenvalue weighted by molar-refractivity contribution is 0.0886. The number of hydrogen-bond donors (Lipinski definition) is 1. The highest BCUT2D eigenvalue weighted by atomic mass is 19.1. The van der Waals surface area contributed by atoms with E-state index < -0.39 is 0 Å². The molecule has 1 aromatic carbocycles. The Kier molecular flexibility index (Phi) is 2.48. The number of carbonyl (C=O) groups is 1. The normalized spacial score (nSPS) is 17.7. The summed E-state index contributed by atoms with van der Waals surface area (Å²) in [6.07, 6.45) is 3.14. The molecule has 3 nitrogen and oxygen atoms in total. The van der Waals surface area contributed by atoms with Crippen LogP contribution in [0.2, 0.25) is 0 Å². The van der Waals surface area contributed by atoms with E-state index in [1.54, 1.807) is 6.07 Å². The predicted octanol–water partition coefficient (Wildman–Crippen LogP) is 3.03. The number of benzene rings is 1. The summed E-state index contributed by atoms with van der Waals surface area (Å²) in [5.74, 6) is -0.169. The number of rotatable bonds is 3. The van der Waals surface area contributed by atoms with Gasteiger partial charge < -0.3 is 10.2 Å². The van der Waals surface area contributed by atoms with Gasteiger partial charge in [-0.15, -0.1) is 0 Å². The lowest BCUT2D eigenvalue weighted by Crippen LogP contribution is -2.48. The molecular formula is C14H14FNO2. The predicted molar refractivity (Wildman–Crippen MR) is 65.9 cm³/mol. The number of furan rings is 1. The molecule has 0 saturated heterocycles. The molecule has 1 aliphatic carbocycles. The molecule has 1 fully saturated rings. The van der Waals surface area contributed by atoms with Crippen molar-refractivity contribution in [2.75, 3.05) is 0 Å². The molecule has 0 aliphatic heterocycles. The monoisotopic (exact) mass is 247 g/mol. The number of hydrogen-bond acceptors (Lipinski definition) is 3. The van der Waals surface area contributed by atoms with Gasteiger partial charge in [-0.05, 0) is 43.5 Å². The quantitative estimate of drug-likeness (QED) is 0.848. The van der Waals surface area contributed by atoms with Gasteiger partial charge in [-0.25, -0.2) is 4.39 Å². The van der Waals surface area contributed by atoms with Gasteiger partial charge >= 0.3 is 0 Å². The standard InChI is InChI=1S/C14H14FNO2/c15-10-2-3-12-9(6-10)7-13(18-12)11(17)8-14(16)4-1-5-14/h2-3,6-7H,1,4-5,8,16H2. The van der Waals surface area contributed by atoms with Crippen LogP contribution in [0.15, 0.2) is 28.7 Å². The summed E-state index contributed by atoms with van der Waals surface area (Å²) in [6.45, 7) is 0. The molecule has 2 aromatic rings. The molecule has 0 atom stereocenters. The summed E-state index contributed by atoms with van der Waals surface area (Å²) in [5, 5.41) is 0.609. The fourth-order valence-corrected chi connectivity index (χ4v) is 2.37. The Labute approximate surface area is 104 Å². The molecule has 1 aliphatic rings. The second-order valence-corrected chi connectivity index (χ2v) is 5.11. The molecule has 4 heteroatoms. The van der Waals surface area contributed by atoms with Gasteiger partial charge in [0, 0.05) is 17.3 Å². The van der Waals surface area contributed by atoms with Crippen LogP contribution in [0, 0.1) is 5.82 Å². The van der Waals surface area contributed by atoms with Crippen LogP contribution in [0.5, 0.6) is 0 Å². The van der Waals surface area contributed by atoms with E-state index in [9.17, 15) is 9.18 Å². The Morgan fingerprint density at radius 1 is 1.39 bits per heavy atom. The maximum Gasteiger partial charge on any atom is 0.199 e. The summed E-state index contributed by atoms with van der Waals surface area (Å²) < 4.78 is 18.5. The number of halogens is 1. The second-order valence-electron chi connectivity index (χ2n) is 5.11. The number of Topliss-reactive ketones (excluding diaryl/α,β-unsaturated/α-hetero) is 1. The fraction of sp³-hybridized carbons (Fsp3) is 0.357. The molecule has 0 bridgehead atoms. The van der Waals surface area contributed by atoms with Crippen molar-refractivity contribution in [1.82, 2.24) is 0 Å². The van der Waals surface area contributed by atoms with E-state index in [1.807, 2.05) is 0 Å². The van der Waals surface area contributed by atoms with E-state index in [2.05, 4.69) is 0 Å². The van der Waals surface area contributed by atoms with Crippen molar-refractivity contribution < 1.29 is 13.6 Å². The van der Waals surface area contributed by atoms with E-state index in [1.165, 1.54) is 18.2 Å². The summed E-state index contributed by atoms with van der Waals surface area (Å²) in [5.41, 5.74) is 6.20. The first-order chi connectivity index (χ1) is 8.56. The van der Waals surface area contributed by atoms with Crippen LogP contribution in [-0.2, 0) is 0 Å². The van der Waals surface area contributed by atoms with Gasteiger partial charge in [-0.2, -0.15) is 0 Å². The lowest BCUT2D eigenvalue weighted by Gasteiger charge is -2.37. The third kappa shape index (κ3) is 1.93. The Morgan fingerprint density at radius 2 is 2.17 bits per heavy atom. The van der Waals surface area contributed by atoms with E-state index in [0.29, 0.717) is 17.4 Å². The third-order valence-electron chi connectivity index (χ3n) is 3.62. The minimum absolute atomic E-state index is 0.103. The van der Waals surface area contributed by atoms with Gasteiger partial charge in [0.15, 0.2) is 11.5 Å². The van der Waals surface area contributed by atoms with Gasteiger partial charge in [0.1, 0.15) is 11.4 Å². The molecule has 0 unspecified atom stereocenters. The van der Waals surface area contributed by atoms with Crippen LogP contribution in [0.3, 0.4) is 0 Å². The average Bonchev–Trinajstić information content (AvgIpc) is 2.69. The Bertz CT molecular complexity index is 613.